The van der Waals surface area contributed by atoms with E-state index < -0.39 is 11.7 Å². The third-order valence-corrected chi connectivity index (χ3v) is 3.15. The van der Waals surface area contributed by atoms with E-state index in [2.05, 4.69) is 10.3 Å². The molecule has 0 saturated carbocycles. The van der Waals surface area contributed by atoms with Gasteiger partial charge in [0.25, 0.3) is 0 Å². The second kappa shape index (κ2) is 5.68. The van der Waals surface area contributed by atoms with Crippen molar-refractivity contribution in [3.05, 3.63) is 29.5 Å². The Morgan fingerprint density at radius 3 is 2.76 bits per heavy atom. The van der Waals surface area contributed by atoms with E-state index >= 15 is 0 Å². The van der Waals surface area contributed by atoms with Crippen LogP contribution in [-0.2, 0) is 11.2 Å². The Morgan fingerprint density at radius 2 is 2.10 bits per heavy atom. The van der Waals surface area contributed by atoms with Crippen molar-refractivity contribution in [2.24, 2.45) is 0 Å². The van der Waals surface area contributed by atoms with Gasteiger partial charge in [0.05, 0.1) is 0 Å². The first-order chi connectivity index (χ1) is 9.76. The normalized spacial score (nSPS) is 11.6. The number of amides is 1. The number of aromatic hydroxyl groups is 1. The molecule has 2 rings (SSSR count). The maximum atomic E-state index is 11.6. The molecule has 2 aromatic rings. The predicted molar refractivity (Wildman–Crippen MR) is 82.6 cm³/mol. The Hall–Kier alpha value is -2.17. The van der Waals surface area contributed by atoms with E-state index in [4.69, 9.17) is 4.74 Å². The van der Waals surface area contributed by atoms with Crippen molar-refractivity contribution in [1.29, 1.82) is 0 Å². The molecule has 5 heteroatoms. The SMILES string of the molecule is Cc1[nH]c2ccc(O)cc2c1CCNC(=O)OC(C)(C)C. The zero-order valence-corrected chi connectivity index (χ0v) is 12.9. The minimum absolute atomic E-state index is 0.239. The highest BCUT2D eigenvalue weighted by Gasteiger charge is 2.16. The zero-order valence-electron chi connectivity index (χ0n) is 12.9. The molecular formula is C16H22N2O3. The van der Waals surface area contributed by atoms with Gasteiger partial charge in [-0.1, -0.05) is 0 Å². The number of fused-ring (bicyclic) bond motifs is 1. The van der Waals surface area contributed by atoms with Crippen LogP contribution in [0, 0.1) is 6.92 Å². The van der Waals surface area contributed by atoms with E-state index in [-0.39, 0.29) is 5.75 Å². The molecule has 0 saturated heterocycles. The van der Waals surface area contributed by atoms with Crippen LogP contribution in [0.2, 0.25) is 0 Å². The molecule has 114 valence electrons. The van der Waals surface area contributed by atoms with Gasteiger partial charge in [-0.2, -0.15) is 0 Å². The minimum atomic E-state index is -0.493. The smallest absolute Gasteiger partial charge is 0.407 e. The van der Waals surface area contributed by atoms with Gasteiger partial charge in [-0.25, -0.2) is 4.79 Å². The molecule has 1 heterocycles. The number of alkyl carbamates (subject to hydrolysis) is 1. The highest BCUT2D eigenvalue weighted by Crippen LogP contribution is 2.26. The quantitative estimate of drug-likeness (QED) is 0.812. The van der Waals surface area contributed by atoms with Crippen molar-refractivity contribution < 1.29 is 14.6 Å². The van der Waals surface area contributed by atoms with Crippen LogP contribution >= 0.6 is 0 Å². The van der Waals surface area contributed by atoms with Gasteiger partial charge in [-0.3, -0.25) is 0 Å². The lowest BCUT2D eigenvalue weighted by Gasteiger charge is -2.19. The fourth-order valence-electron chi connectivity index (χ4n) is 2.30. The Labute approximate surface area is 124 Å². The van der Waals surface area contributed by atoms with Crippen molar-refractivity contribution in [2.45, 2.75) is 39.7 Å². The number of rotatable bonds is 3. The average Bonchev–Trinajstić information content (AvgIpc) is 2.63. The topological polar surface area (TPSA) is 74.4 Å². The van der Waals surface area contributed by atoms with Gasteiger partial charge >= 0.3 is 6.09 Å². The summed E-state index contributed by atoms with van der Waals surface area (Å²) >= 11 is 0. The lowest BCUT2D eigenvalue weighted by molar-refractivity contribution is 0.0528. The number of carbonyl (C=O) groups excluding carboxylic acids is 1. The molecule has 0 aliphatic carbocycles. The molecule has 0 unspecified atom stereocenters. The van der Waals surface area contributed by atoms with E-state index in [1.54, 1.807) is 12.1 Å². The number of aromatic amines is 1. The Morgan fingerprint density at radius 1 is 1.38 bits per heavy atom. The van der Waals surface area contributed by atoms with Crippen molar-refractivity contribution in [3.63, 3.8) is 0 Å². The van der Waals surface area contributed by atoms with Gasteiger partial charge in [0.15, 0.2) is 0 Å². The number of ether oxygens (including phenoxy) is 1. The van der Waals surface area contributed by atoms with Gasteiger partial charge in [0, 0.05) is 23.1 Å². The number of H-pyrrole nitrogens is 1. The van der Waals surface area contributed by atoms with Gasteiger partial charge in [-0.05, 0) is 57.9 Å². The van der Waals surface area contributed by atoms with E-state index in [0.717, 1.165) is 22.2 Å². The van der Waals surface area contributed by atoms with Gasteiger partial charge in [0.1, 0.15) is 11.4 Å². The first kappa shape index (κ1) is 15.2. The molecule has 1 aromatic heterocycles. The average molecular weight is 290 g/mol. The van der Waals surface area contributed by atoms with E-state index in [1.807, 2.05) is 33.8 Å². The Kier molecular flexibility index (Phi) is 4.11. The number of phenolic OH excluding ortho intramolecular Hbond substituents is 1. The van der Waals surface area contributed by atoms with Crippen LogP contribution in [0.15, 0.2) is 18.2 Å². The maximum Gasteiger partial charge on any atom is 0.407 e. The van der Waals surface area contributed by atoms with Crippen molar-refractivity contribution >= 4 is 17.0 Å². The van der Waals surface area contributed by atoms with Crippen LogP contribution in [0.1, 0.15) is 32.0 Å². The highest BCUT2D eigenvalue weighted by atomic mass is 16.6. The molecule has 0 aliphatic heterocycles. The summed E-state index contributed by atoms with van der Waals surface area (Å²) in [6, 6.07) is 5.24. The van der Waals surface area contributed by atoms with E-state index in [1.165, 1.54) is 0 Å². The van der Waals surface area contributed by atoms with Gasteiger partial charge in [-0.15, -0.1) is 0 Å². The van der Waals surface area contributed by atoms with E-state index in [9.17, 15) is 9.90 Å². The third kappa shape index (κ3) is 3.90. The van der Waals surface area contributed by atoms with Crippen LogP contribution in [0.5, 0.6) is 5.75 Å². The van der Waals surface area contributed by atoms with Crippen LogP contribution < -0.4 is 5.32 Å². The molecule has 0 atom stereocenters. The molecule has 0 fully saturated rings. The van der Waals surface area contributed by atoms with E-state index in [0.29, 0.717) is 13.0 Å². The summed E-state index contributed by atoms with van der Waals surface area (Å²) in [7, 11) is 0. The Bertz CT molecular complexity index is 653. The van der Waals surface area contributed by atoms with Crippen molar-refractivity contribution in [1.82, 2.24) is 10.3 Å². The summed E-state index contributed by atoms with van der Waals surface area (Å²) in [5.74, 6) is 0.239. The van der Waals surface area contributed by atoms with Gasteiger partial charge < -0.3 is 20.1 Å². The molecule has 3 N–H and O–H groups in total. The summed E-state index contributed by atoms with van der Waals surface area (Å²) < 4.78 is 5.20. The second-order valence-corrected chi connectivity index (χ2v) is 6.14. The van der Waals surface area contributed by atoms with Crippen LogP contribution in [-0.4, -0.2) is 28.3 Å². The number of hydrogen-bond donors (Lipinski definition) is 3. The number of hydrogen-bond acceptors (Lipinski definition) is 3. The van der Waals surface area contributed by atoms with Crippen molar-refractivity contribution in [2.75, 3.05) is 6.54 Å². The molecule has 5 nitrogen and oxygen atoms in total. The number of benzene rings is 1. The largest absolute Gasteiger partial charge is 0.508 e. The number of carbonyl (C=O) groups is 1. The molecule has 0 aliphatic rings. The maximum absolute atomic E-state index is 11.6. The Balaban J connectivity index is 2.02. The number of nitrogens with one attached hydrogen (secondary N) is 2. The zero-order chi connectivity index (χ0) is 15.6. The first-order valence-corrected chi connectivity index (χ1v) is 7.03. The summed E-state index contributed by atoms with van der Waals surface area (Å²) in [5.41, 5.74) is 2.63. The molecular weight excluding hydrogens is 268 g/mol. The summed E-state index contributed by atoms with van der Waals surface area (Å²) in [6.07, 6.45) is 0.261. The number of aromatic nitrogens is 1. The summed E-state index contributed by atoms with van der Waals surface area (Å²) in [5, 5.41) is 13.3. The predicted octanol–water partition coefficient (Wildman–Crippen LogP) is 3.25. The second-order valence-electron chi connectivity index (χ2n) is 6.14. The lowest BCUT2D eigenvalue weighted by atomic mass is 10.1. The molecule has 1 amide bonds. The standard InChI is InChI=1S/C16H22N2O3/c1-10-12(7-8-17-15(20)21-16(2,3)4)13-9-11(19)5-6-14(13)18-10/h5-6,9,18-19H,7-8H2,1-4H3,(H,17,20). The fraction of sp³-hybridized carbons (Fsp3) is 0.438. The lowest BCUT2D eigenvalue weighted by Crippen LogP contribution is -2.33. The third-order valence-electron chi connectivity index (χ3n) is 3.15. The van der Waals surface area contributed by atoms with Crippen LogP contribution in [0.4, 0.5) is 4.79 Å². The molecule has 0 spiro atoms. The molecule has 21 heavy (non-hydrogen) atoms. The van der Waals surface area contributed by atoms with Crippen molar-refractivity contribution in [3.8, 4) is 5.75 Å². The van der Waals surface area contributed by atoms with Crippen LogP contribution in [0.25, 0.3) is 10.9 Å². The first-order valence-electron chi connectivity index (χ1n) is 7.03. The number of phenols is 1. The summed E-state index contributed by atoms with van der Waals surface area (Å²) in [4.78, 5) is 14.9. The molecule has 1 aromatic carbocycles. The summed E-state index contributed by atoms with van der Waals surface area (Å²) in [6.45, 7) is 7.97. The highest BCUT2D eigenvalue weighted by molar-refractivity contribution is 5.86. The van der Waals surface area contributed by atoms with Crippen LogP contribution in [0.3, 0.4) is 0 Å². The molecule has 0 radical (unpaired) electrons. The monoisotopic (exact) mass is 290 g/mol. The number of aryl methyl sites for hydroxylation is 1. The minimum Gasteiger partial charge on any atom is -0.508 e. The van der Waals surface area contributed by atoms with Gasteiger partial charge in [0.2, 0.25) is 0 Å². The fourth-order valence-corrected chi connectivity index (χ4v) is 2.30. The molecule has 0 bridgehead atoms.